The van der Waals surface area contributed by atoms with Gasteiger partial charge in [0.25, 0.3) is 0 Å². The molecule has 1 aliphatic carbocycles. The molecule has 0 saturated carbocycles. The third-order valence-corrected chi connectivity index (χ3v) is 2.01. The lowest BCUT2D eigenvalue weighted by atomic mass is 10.0. The van der Waals surface area contributed by atoms with Gasteiger partial charge in [0.2, 0.25) is 0 Å². The Labute approximate surface area is 66.8 Å². The van der Waals surface area contributed by atoms with Gasteiger partial charge in [-0.05, 0) is 24.5 Å². The predicted molar refractivity (Wildman–Crippen MR) is 45.5 cm³/mol. The largest absolute Gasteiger partial charge is 0.260 e. The van der Waals surface area contributed by atoms with Gasteiger partial charge in [0.15, 0.2) is 0 Å². The van der Waals surface area contributed by atoms with Crippen molar-refractivity contribution in [2.75, 3.05) is 0 Å². The first kappa shape index (κ1) is 6.59. The van der Waals surface area contributed by atoms with Crippen molar-refractivity contribution in [3.8, 4) is 0 Å². The summed E-state index contributed by atoms with van der Waals surface area (Å²) in [7, 11) is 0. The van der Waals surface area contributed by atoms with Gasteiger partial charge in [-0.15, -0.1) is 0 Å². The van der Waals surface area contributed by atoms with Crippen LogP contribution in [-0.2, 0) is 12.8 Å². The highest BCUT2D eigenvalue weighted by atomic mass is 14.7. The van der Waals surface area contributed by atoms with Crippen molar-refractivity contribution in [2.24, 2.45) is 0 Å². The minimum absolute atomic E-state index is 1.01. The average Bonchev–Trinajstić information content (AvgIpc) is 2.04. The summed E-state index contributed by atoms with van der Waals surface area (Å²) < 4.78 is 0. The Hall–Kier alpha value is -1.11. The lowest BCUT2D eigenvalue weighted by Crippen LogP contribution is -2.00. The van der Waals surface area contributed by atoms with Crippen molar-refractivity contribution in [3.63, 3.8) is 0 Å². The van der Waals surface area contributed by atoms with Crippen LogP contribution < -0.4 is 0 Å². The molecule has 1 aliphatic rings. The topological polar surface area (TPSA) is 12.9 Å². The number of allylic oxidation sites excluding steroid dienone is 2. The maximum atomic E-state index is 4.37. The van der Waals surface area contributed by atoms with Crippen molar-refractivity contribution in [1.29, 1.82) is 0 Å². The molecule has 56 valence electrons. The van der Waals surface area contributed by atoms with E-state index in [9.17, 15) is 0 Å². The average molecular weight is 145 g/mol. The molecule has 0 N–H and O–H groups in total. The summed E-state index contributed by atoms with van der Waals surface area (Å²) in [5.74, 6) is 0. The van der Waals surface area contributed by atoms with Crippen molar-refractivity contribution in [2.45, 2.75) is 19.8 Å². The zero-order valence-corrected chi connectivity index (χ0v) is 6.67. The molecule has 1 heteroatoms. The minimum Gasteiger partial charge on any atom is -0.260 e. The van der Waals surface area contributed by atoms with Crippen LogP contribution in [0.15, 0.2) is 24.4 Å². The van der Waals surface area contributed by atoms with E-state index in [2.05, 4.69) is 30.1 Å². The number of fused-ring (bicyclic) bond motifs is 1. The van der Waals surface area contributed by atoms with Crippen molar-refractivity contribution in [1.82, 2.24) is 4.98 Å². The van der Waals surface area contributed by atoms with E-state index in [1.807, 2.05) is 6.20 Å². The molecule has 0 amide bonds. The summed E-state index contributed by atoms with van der Waals surface area (Å²) in [6.45, 7) is 2.09. The number of rotatable bonds is 0. The molecule has 0 aliphatic heterocycles. The highest BCUT2D eigenvalue weighted by Crippen LogP contribution is 2.14. The molecule has 0 unspecified atom stereocenters. The van der Waals surface area contributed by atoms with Gasteiger partial charge in [-0.2, -0.15) is 0 Å². The van der Waals surface area contributed by atoms with E-state index in [0.717, 1.165) is 12.8 Å². The molecule has 0 fully saturated rings. The van der Waals surface area contributed by atoms with E-state index in [1.165, 1.54) is 16.8 Å². The standard InChI is InChI=1S/C10H11N/c1-8-6-9-4-2-3-5-10(9)11-7-8/h2-3,6-7H,4-5H2,1H3. The molecule has 11 heavy (non-hydrogen) atoms. The summed E-state index contributed by atoms with van der Waals surface area (Å²) in [5, 5.41) is 0. The first-order valence-electron chi connectivity index (χ1n) is 3.95. The lowest BCUT2D eigenvalue weighted by molar-refractivity contribution is 0.993. The molecule has 0 saturated heterocycles. The third-order valence-electron chi connectivity index (χ3n) is 2.01. The van der Waals surface area contributed by atoms with Crippen LogP contribution in [0.1, 0.15) is 16.8 Å². The zero-order valence-electron chi connectivity index (χ0n) is 6.67. The molecule has 0 aromatic carbocycles. The van der Waals surface area contributed by atoms with Crippen LogP contribution in [0.5, 0.6) is 0 Å². The predicted octanol–water partition coefficient (Wildman–Crippen LogP) is 2.04. The molecule has 1 aromatic heterocycles. The summed E-state index contributed by atoms with van der Waals surface area (Å²) in [5.41, 5.74) is 3.91. The molecule has 2 rings (SSSR count). The van der Waals surface area contributed by atoms with Gasteiger partial charge >= 0.3 is 0 Å². The Morgan fingerprint density at radius 1 is 1.27 bits per heavy atom. The molecule has 0 spiro atoms. The van der Waals surface area contributed by atoms with Gasteiger partial charge in [0.05, 0.1) is 0 Å². The van der Waals surface area contributed by atoms with E-state index < -0.39 is 0 Å². The van der Waals surface area contributed by atoms with Crippen LogP contribution in [0.25, 0.3) is 0 Å². The molecular weight excluding hydrogens is 134 g/mol. The van der Waals surface area contributed by atoms with E-state index in [0.29, 0.717) is 0 Å². The molecule has 1 heterocycles. The zero-order chi connectivity index (χ0) is 7.68. The number of nitrogens with zero attached hydrogens (tertiary/aromatic N) is 1. The van der Waals surface area contributed by atoms with Gasteiger partial charge in [-0.25, -0.2) is 0 Å². The second-order valence-corrected chi connectivity index (χ2v) is 3.00. The van der Waals surface area contributed by atoms with Gasteiger partial charge in [0, 0.05) is 18.3 Å². The molecule has 0 atom stereocenters. The number of aryl methyl sites for hydroxylation is 1. The van der Waals surface area contributed by atoms with E-state index >= 15 is 0 Å². The quantitative estimate of drug-likeness (QED) is 0.509. The van der Waals surface area contributed by atoms with E-state index in [4.69, 9.17) is 0 Å². The third kappa shape index (κ3) is 1.18. The van der Waals surface area contributed by atoms with Crippen molar-refractivity contribution in [3.05, 3.63) is 41.2 Å². The van der Waals surface area contributed by atoms with Gasteiger partial charge in [-0.1, -0.05) is 18.2 Å². The Balaban J connectivity index is 2.48. The summed E-state index contributed by atoms with van der Waals surface area (Å²) in [6, 6.07) is 2.23. The van der Waals surface area contributed by atoms with Gasteiger partial charge in [-0.3, -0.25) is 4.98 Å². The smallest absolute Gasteiger partial charge is 0.0476 e. The van der Waals surface area contributed by atoms with Crippen LogP contribution in [0.4, 0.5) is 0 Å². The Kier molecular flexibility index (Phi) is 1.50. The Morgan fingerprint density at radius 2 is 2.09 bits per heavy atom. The molecular formula is C10H11N. The van der Waals surface area contributed by atoms with Crippen LogP contribution >= 0.6 is 0 Å². The first-order chi connectivity index (χ1) is 5.36. The fraction of sp³-hybridized carbons (Fsp3) is 0.300. The number of hydrogen-bond acceptors (Lipinski definition) is 1. The summed E-state index contributed by atoms with van der Waals surface area (Å²) in [6.07, 6.45) is 8.41. The minimum atomic E-state index is 1.01. The first-order valence-corrected chi connectivity index (χ1v) is 3.95. The van der Waals surface area contributed by atoms with Gasteiger partial charge in [0.1, 0.15) is 0 Å². The monoisotopic (exact) mass is 145 g/mol. The van der Waals surface area contributed by atoms with Gasteiger partial charge < -0.3 is 0 Å². The summed E-state index contributed by atoms with van der Waals surface area (Å²) in [4.78, 5) is 4.37. The van der Waals surface area contributed by atoms with Crippen LogP contribution in [-0.4, -0.2) is 4.98 Å². The maximum Gasteiger partial charge on any atom is 0.0476 e. The SMILES string of the molecule is Cc1cnc2c(c1)CC=CC2. The second kappa shape index (κ2) is 2.50. The lowest BCUT2D eigenvalue weighted by Gasteiger charge is -2.09. The normalized spacial score (nSPS) is 14.6. The molecule has 0 bridgehead atoms. The van der Waals surface area contributed by atoms with Crippen LogP contribution in [0.3, 0.4) is 0 Å². The van der Waals surface area contributed by atoms with Crippen molar-refractivity contribution < 1.29 is 0 Å². The van der Waals surface area contributed by atoms with Crippen LogP contribution in [0.2, 0.25) is 0 Å². The molecule has 1 aromatic rings. The maximum absolute atomic E-state index is 4.37. The number of pyridine rings is 1. The fourth-order valence-corrected chi connectivity index (χ4v) is 1.42. The number of hydrogen-bond donors (Lipinski definition) is 0. The Morgan fingerprint density at radius 3 is 3.00 bits per heavy atom. The van der Waals surface area contributed by atoms with Crippen LogP contribution in [0, 0.1) is 6.92 Å². The van der Waals surface area contributed by atoms with E-state index in [-0.39, 0.29) is 0 Å². The van der Waals surface area contributed by atoms with E-state index in [1.54, 1.807) is 0 Å². The van der Waals surface area contributed by atoms with Crippen molar-refractivity contribution >= 4 is 0 Å². The molecule has 0 radical (unpaired) electrons. The highest BCUT2D eigenvalue weighted by Gasteiger charge is 2.04. The summed E-state index contributed by atoms with van der Waals surface area (Å²) >= 11 is 0. The Bertz CT molecular complexity index is 300. The number of aromatic nitrogens is 1. The highest BCUT2D eigenvalue weighted by molar-refractivity contribution is 5.30. The molecule has 1 nitrogen and oxygen atoms in total. The second-order valence-electron chi connectivity index (χ2n) is 3.00. The fourth-order valence-electron chi connectivity index (χ4n) is 1.42.